The van der Waals surface area contributed by atoms with Crippen molar-refractivity contribution in [3.05, 3.63) is 116 Å². The first-order valence-corrected chi connectivity index (χ1v) is 21.1. The number of nitrogens with two attached hydrogens (primary N) is 1. The SMILES string of the molecule is CC.COC(=O)C(Cl)C(C)=O.COC(=O)c1c(C)nc2sc(C)cn12.Cc1cn2c(C(=O)NCc3ccc(Oc4ccc(F)cc4)cc3)c(C)nc2s1.Cc1cnc(N)s1. The lowest BCUT2D eigenvalue weighted by molar-refractivity contribution is -0.142. The van der Waals surface area contributed by atoms with Gasteiger partial charge in [0.1, 0.15) is 23.0 Å². The second-order valence-electron chi connectivity index (χ2n) is 12.3. The Morgan fingerprint density at radius 3 is 1.70 bits per heavy atom. The second kappa shape index (κ2) is 23.2. The third kappa shape index (κ3) is 13.7. The van der Waals surface area contributed by atoms with Crippen molar-refractivity contribution in [2.75, 3.05) is 20.0 Å². The van der Waals surface area contributed by atoms with E-state index >= 15 is 0 Å². The van der Waals surface area contributed by atoms with E-state index in [0.717, 1.165) is 30.1 Å². The van der Waals surface area contributed by atoms with Gasteiger partial charge in [-0.25, -0.2) is 28.9 Å². The fourth-order valence-electron chi connectivity index (χ4n) is 4.97. The number of Topliss-reactive ketones (excluding diaryl/α,β-unsaturated/α-hetero) is 1. The lowest BCUT2D eigenvalue weighted by atomic mass is 10.2. The van der Waals surface area contributed by atoms with Crippen molar-refractivity contribution < 1.29 is 37.8 Å². The van der Waals surface area contributed by atoms with Crippen LogP contribution in [0.4, 0.5) is 9.52 Å². The van der Waals surface area contributed by atoms with Gasteiger partial charge in [-0.2, -0.15) is 0 Å². The average molecular weight is 901 g/mol. The number of methoxy groups -OCH3 is 2. The van der Waals surface area contributed by atoms with Gasteiger partial charge in [0.2, 0.25) is 0 Å². The van der Waals surface area contributed by atoms with Crippen molar-refractivity contribution in [1.82, 2.24) is 29.1 Å². The number of ketones is 1. The Morgan fingerprint density at radius 2 is 1.28 bits per heavy atom. The van der Waals surface area contributed by atoms with Gasteiger partial charge in [-0.3, -0.25) is 18.4 Å². The number of anilines is 1. The van der Waals surface area contributed by atoms with Crippen molar-refractivity contribution in [3.63, 3.8) is 0 Å². The first kappa shape index (κ1) is 48.7. The summed E-state index contributed by atoms with van der Waals surface area (Å²) in [6.45, 7) is 15.2. The number of imidazole rings is 2. The molecular formula is C41H47ClFN7O7S3. The highest BCUT2D eigenvalue weighted by Gasteiger charge is 2.21. The van der Waals surface area contributed by atoms with Crippen LogP contribution in [0, 0.1) is 40.4 Å². The minimum Gasteiger partial charge on any atom is -0.468 e. The highest BCUT2D eigenvalue weighted by atomic mass is 35.5. The molecule has 7 rings (SSSR count). The number of hydrogen-bond donors (Lipinski definition) is 2. The van der Waals surface area contributed by atoms with Gasteiger partial charge in [-0.1, -0.05) is 26.0 Å². The van der Waals surface area contributed by atoms with Gasteiger partial charge in [0, 0.05) is 39.8 Å². The predicted molar refractivity (Wildman–Crippen MR) is 235 cm³/mol. The number of nitrogens with zero attached hydrogens (tertiary/aromatic N) is 5. The molecule has 19 heteroatoms. The molecule has 0 fully saturated rings. The van der Waals surface area contributed by atoms with E-state index in [4.69, 9.17) is 26.8 Å². The smallest absolute Gasteiger partial charge is 0.357 e. The molecule has 0 aliphatic rings. The minimum atomic E-state index is -1.14. The van der Waals surface area contributed by atoms with Crippen LogP contribution in [0.1, 0.15) is 73.3 Å². The Kier molecular flexibility index (Phi) is 18.8. The van der Waals surface area contributed by atoms with E-state index in [9.17, 15) is 23.6 Å². The molecule has 0 saturated carbocycles. The fraction of sp³-hybridized carbons (Fsp3) is 0.293. The number of aromatic nitrogens is 5. The molecule has 0 saturated heterocycles. The number of rotatable bonds is 8. The average Bonchev–Trinajstić information content (AvgIpc) is 4.02. The summed E-state index contributed by atoms with van der Waals surface area (Å²) in [4.78, 5) is 62.4. The molecule has 1 atom stereocenters. The molecule has 14 nitrogen and oxygen atoms in total. The van der Waals surface area contributed by atoms with Gasteiger partial charge < -0.3 is 25.3 Å². The van der Waals surface area contributed by atoms with Crippen LogP contribution in [-0.4, -0.2) is 67.0 Å². The summed E-state index contributed by atoms with van der Waals surface area (Å²) in [5.74, 6) is -0.700. The Hall–Kier alpha value is -5.69. The molecule has 60 heavy (non-hydrogen) atoms. The van der Waals surface area contributed by atoms with E-state index in [-0.39, 0.29) is 17.7 Å². The van der Waals surface area contributed by atoms with Gasteiger partial charge in [0.25, 0.3) is 5.91 Å². The zero-order valence-electron chi connectivity index (χ0n) is 34.8. The van der Waals surface area contributed by atoms with Crippen LogP contribution < -0.4 is 15.8 Å². The number of amides is 1. The standard InChI is InChI=1S/C21H18FN3O2S.C9H10N2O2S.C5H7ClO3.C4H6N2S.C2H6/c1-13-12-25-19(14(2)24-21(25)28-13)20(26)23-11-15-3-7-17(8-4-15)27-18-9-5-16(22)6-10-18;1-5-4-11-7(8(12)13-3)6(2)10-9(11)14-5;1-3(7)4(6)5(8)9-2;1-3-2-6-4(5)7-3;1-2/h3-10,12H,11H2,1-2H3,(H,23,26);4H,1-3H3;4H,1-2H3;2H,1H3,(H2,5,6);1-2H3. The number of nitrogens with one attached hydrogen (secondary N) is 1. The van der Waals surface area contributed by atoms with Crippen molar-refractivity contribution in [1.29, 1.82) is 0 Å². The molecule has 7 aromatic rings. The van der Waals surface area contributed by atoms with Crippen LogP contribution in [0.5, 0.6) is 11.5 Å². The molecule has 5 heterocycles. The third-order valence-corrected chi connectivity index (χ3v) is 10.7. The first-order chi connectivity index (χ1) is 28.5. The number of thiazole rings is 3. The Bertz CT molecular complexity index is 2490. The number of halogens is 2. The van der Waals surface area contributed by atoms with E-state index in [0.29, 0.717) is 46.0 Å². The summed E-state index contributed by atoms with van der Waals surface area (Å²) in [7, 11) is 2.56. The van der Waals surface area contributed by atoms with Crippen LogP contribution in [0.2, 0.25) is 0 Å². The number of carbonyl (C=O) groups is 4. The lowest BCUT2D eigenvalue weighted by Gasteiger charge is -2.08. The Balaban J connectivity index is 0.000000248. The van der Waals surface area contributed by atoms with Crippen LogP contribution in [0.25, 0.3) is 9.92 Å². The van der Waals surface area contributed by atoms with Crippen LogP contribution in [0.3, 0.4) is 0 Å². The number of aryl methyl sites for hydroxylation is 5. The molecule has 0 aliphatic heterocycles. The largest absolute Gasteiger partial charge is 0.468 e. The molecular weight excluding hydrogens is 853 g/mol. The number of hydrogen-bond acceptors (Lipinski definition) is 14. The molecule has 320 valence electrons. The molecule has 0 radical (unpaired) electrons. The van der Waals surface area contributed by atoms with Crippen molar-refractivity contribution in [2.24, 2.45) is 0 Å². The highest BCUT2D eigenvalue weighted by Crippen LogP contribution is 2.24. The van der Waals surface area contributed by atoms with Crippen LogP contribution >= 0.6 is 45.6 Å². The number of carbonyl (C=O) groups excluding carboxylic acids is 4. The zero-order chi connectivity index (χ0) is 44.7. The van der Waals surface area contributed by atoms with Crippen molar-refractivity contribution in [2.45, 2.75) is 67.3 Å². The molecule has 2 aromatic carbocycles. The zero-order valence-corrected chi connectivity index (χ0v) is 38.0. The van der Waals surface area contributed by atoms with E-state index in [2.05, 4.69) is 25.0 Å². The van der Waals surface area contributed by atoms with Crippen LogP contribution in [0.15, 0.2) is 67.1 Å². The Labute approximate surface area is 364 Å². The lowest BCUT2D eigenvalue weighted by Crippen LogP contribution is -2.24. The minimum absolute atomic E-state index is 0.158. The molecule has 0 bridgehead atoms. The quantitative estimate of drug-likeness (QED) is 0.0844. The molecule has 5 aromatic heterocycles. The number of ether oxygens (including phenoxy) is 3. The van der Waals surface area contributed by atoms with Gasteiger partial charge in [-0.05, 0) is 83.5 Å². The van der Waals surface area contributed by atoms with Gasteiger partial charge in [-0.15, -0.1) is 45.6 Å². The monoisotopic (exact) mass is 899 g/mol. The molecule has 1 unspecified atom stereocenters. The number of fused-ring (bicyclic) bond motifs is 2. The predicted octanol–water partition coefficient (Wildman–Crippen LogP) is 9.09. The third-order valence-electron chi connectivity index (χ3n) is 7.66. The summed E-state index contributed by atoms with van der Waals surface area (Å²) in [6, 6.07) is 13.2. The maximum Gasteiger partial charge on any atom is 0.357 e. The van der Waals surface area contributed by atoms with E-state index in [1.807, 2.05) is 82.6 Å². The number of alkyl halides is 1. The van der Waals surface area contributed by atoms with E-state index < -0.39 is 17.1 Å². The van der Waals surface area contributed by atoms with Gasteiger partial charge in [0.05, 0.1) is 25.6 Å². The van der Waals surface area contributed by atoms with Crippen molar-refractivity contribution in [3.8, 4) is 11.5 Å². The van der Waals surface area contributed by atoms with E-state index in [1.165, 1.54) is 44.6 Å². The molecule has 0 spiro atoms. The molecule has 0 aliphatic carbocycles. The summed E-state index contributed by atoms with van der Waals surface area (Å²) in [5.41, 5.74) is 8.74. The summed E-state index contributed by atoms with van der Waals surface area (Å²) < 4.78 is 31.1. The fourth-order valence-corrected chi connectivity index (χ4v) is 7.34. The Morgan fingerprint density at radius 1 is 0.783 bits per heavy atom. The van der Waals surface area contributed by atoms with Gasteiger partial charge in [0.15, 0.2) is 31.9 Å². The van der Waals surface area contributed by atoms with Crippen LogP contribution in [-0.2, 0) is 25.6 Å². The highest BCUT2D eigenvalue weighted by molar-refractivity contribution is 7.17. The summed E-state index contributed by atoms with van der Waals surface area (Å²) >= 11 is 9.87. The topological polar surface area (TPSA) is 182 Å². The first-order valence-electron chi connectivity index (χ1n) is 18.2. The maximum atomic E-state index is 12.9. The van der Waals surface area contributed by atoms with Crippen molar-refractivity contribution >= 4 is 84.3 Å². The molecule has 1 amide bonds. The van der Waals surface area contributed by atoms with Gasteiger partial charge >= 0.3 is 11.9 Å². The number of benzene rings is 2. The summed E-state index contributed by atoms with van der Waals surface area (Å²) in [6.07, 6.45) is 5.59. The normalized spacial score (nSPS) is 10.7. The maximum absolute atomic E-state index is 12.9. The molecule has 3 N–H and O–H groups in total. The number of nitrogen functional groups attached to an aromatic ring is 1. The van der Waals surface area contributed by atoms with E-state index in [1.54, 1.807) is 52.3 Å². The second-order valence-corrected chi connectivity index (χ2v) is 16.4. The number of esters is 2. The summed E-state index contributed by atoms with van der Waals surface area (Å²) in [5, 5.41) is 2.45.